The van der Waals surface area contributed by atoms with Crippen LogP contribution in [0.5, 0.6) is 0 Å². The SMILES string of the molecule is COC(=O)c1cc(N)ccc1C(C=NC1CCC1)=CN. The minimum Gasteiger partial charge on any atom is -0.465 e. The summed E-state index contributed by atoms with van der Waals surface area (Å²) in [7, 11) is 1.34. The molecular formula is C15H19N3O2. The number of methoxy groups -OCH3 is 1. The first-order chi connectivity index (χ1) is 9.65. The molecule has 0 spiro atoms. The summed E-state index contributed by atoms with van der Waals surface area (Å²) in [5.41, 5.74) is 13.6. The van der Waals surface area contributed by atoms with Gasteiger partial charge in [0.15, 0.2) is 0 Å². The molecule has 1 aliphatic carbocycles. The van der Waals surface area contributed by atoms with Gasteiger partial charge < -0.3 is 16.2 Å². The van der Waals surface area contributed by atoms with E-state index in [9.17, 15) is 4.79 Å². The average Bonchev–Trinajstić information content (AvgIpc) is 2.41. The summed E-state index contributed by atoms with van der Waals surface area (Å²) < 4.78 is 4.78. The molecule has 0 heterocycles. The van der Waals surface area contributed by atoms with Gasteiger partial charge in [-0.1, -0.05) is 6.07 Å². The summed E-state index contributed by atoms with van der Waals surface area (Å²) in [6.07, 6.45) is 6.61. The molecule has 4 N–H and O–H groups in total. The highest BCUT2D eigenvalue weighted by Gasteiger charge is 2.17. The van der Waals surface area contributed by atoms with Crippen LogP contribution in [0.15, 0.2) is 29.4 Å². The number of nitrogens with zero attached hydrogens (tertiary/aromatic N) is 1. The van der Waals surface area contributed by atoms with Crippen LogP contribution in [0.2, 0.25) is 0 Å². The van der Waals surface area contributed by atoms with Crippen molar-refractivity contribution in [2.75, 3.05) is 12.8 Å². The first-order valence-corrected chi connectivity index (χ1v) is 6.59. The summed E-state index contributed by atoms with van der Waals surface area (Å²) in [5, 5.41) is 0. The Bertz CT molecular complexity index is 560. The van der Waals surface area contributed by atoms with Crippen molar-refractivity contribution >= 4 is 23.4 Å². The van der Waals surface area contributed by atoms with Gasteiger partial charge in [-0.25, -0.2) is 4.79 Å². The minimum atomic E-state index is -0.441. The highest BCUT2D eigenvalue weighted by atomic mass is 16.5. The van der Waals surface area contributed by atoms with E-state index in [1.54, 1.807) is 24.4 Å². The molecule has 2 rings (SSSR count). The van der Waals surface area contributed by atoms with Crippen LogP contribution in [-0.2, 0) is 4.74 Å². The van der Waals surface area contributed by atoms with E-state index in [2.05, 4.69) is 4.99 Å². The molecule has 0 saturated heterocycles. The molecular weight excluding hydrogens is 254 g/mol. The van der Waals surface area contributed by atoms with Gasteiger partial charge in [-0.05, 0) is 37.0 Å². The van der Waals surface area contributed by atoms with Crippen molar-refractivity contribution < 1.29 is 9.53 Å². The van der Waals surface area contributed by atoms with Crippen LogP contribution in [-0.4, -0.2) is 25.3 Å². The van der Waals surface area contributed by atoms with Crippen molar-refractivity contribution in [3.05, 3.63) is 35.5 Å². The number of nitrogen functional groups attached to an aromatic ring is 1. The van der Waals surface area contributed by atoms with E-state index in [-0.39, 0.29) is 0 Å². The van der Waals surface area contributed by atoms with Crippen LogP contribution < -0.4 is 11.5 Å². The lowest BCUT2D eigenvalue weighted by Crippen LogP contribution is -2.15. The van der Waals surface area contributed by atoms with E-state index in [1.165, 1.54) is 19.7 Å². The highest BCUT2D eigenvalue weighted by molar-refractivity contribution is 6.13. The number of allylic oxidation sites excluding steroid dienone is 1. The number of hydrogen-bond donors (Lipinski definition) is 2. The number of carbonyl (C=O) groups is 1. The third-order valence-corrected chi connectivity index (χ3v) is 3.44. The molecule has 0 radical (unpaired) electrons. The summed E-state index contributed by atoms with van der Waals surface area (Å²) in [4.78, 5) is 16.3. The molecule has 0 bridgehead atoms. The smallest absolute Gasteiger partial charge is 0.338 e. The molecule has 1 aromatic carbocycles. The zero-order valence-corrected chi connectivity index (χ0v) is 11.5. The maximum Gasteiger partial charge on any atom is 0.338 e. The Morgan fingerprint density at radius 3 is 2.70 bits per heavy atom. The maximum absolute atomic E-state index is 11.8. The predicted octanol–water partition coefficient (Wildman–Crippen LogP) is 1.98. The van der Waals surface area contributed by atoms with Crippen LogP contribution in [0, 0.1) is 0 Å². The van der Waals surface area contributed by atoms with Crippen molar-refractivity contribution in [2.45, 2.75) is 25.3 Å². The summed E-state index contributed by atoms with van der Waals surface area (Å²) in [6, 6.07) is 5.44. The molecule has 20 heavy (non-hydrogen) atoms. The number of carbonyl (C=O) groups excluding carboxylic acids is 1. The topological polar surface area (TPSA) is 90.7 Å². The molecule has 5 nitrogen and oxygen atoms in total. The van der Waals surface area contributed by atoms with Gasteiger partial charge in [-0.3, -0.25) is 4.99 Å². The molecule has 0 aliphatic heterocycles. The molecule has 5 heteroatoms. The van der Waals surface area contributed by atoms with Crippen molar-refractivity contribution in [3.63, 3.8) is 0 Å². The Labute approximate surface area is 118 Å². The number of benzene rings is 1. The fourth-order valence-corrected chi connectivity index (χ4v) is 2.02. The first kappa shape index (κ1) is 14.1. The number of anilines is 1. The van der Waals surface area contributed by atoms with Gasteiger partial charge in [0.2, 0.25) is 0 Å². The molecule has 106 valence electrons. The van der Waals surface area contributed by atoms with Gasteiger partial charge in [0, 0.05) is 29.7 Å². The quantitative estimate of drug-likeness (QED) is 0.498. The average molecular weight is 273 g/mol. The molecule has 0 unspecified atom stereocenters. The number of hydrogen-bond acceptors (Lipinski definition) is 5. The van der Waals surface area contributed by atoms with E-state index in [0.717, 1.165) is 12.8 Å². The van der Waals surface area contributed by atoms with Gasteiger partial charge in [0.25, 0.3) is 0 Å². The Morgan fingerprint density at radius 1 is 1.40 bits per heavy atom. The number of ether oxygens (including phenoxy) is 1. The van der Waals surface area contributed by atoms with Crippen LogP contribution >= 0.6 is 0 Å². The molecule has 0 atom stereocenters. The third kappa shape index (κ3) is 2.99. The Hall–Kier alpha value is -2.30. The fourth-order valence-electron chi connectivity index (χ4n) is 2.02. The molecule has 1 aromatic rings. The fraction of sp³-hybridized carbons (Fsp3) is 0.333. The molecule has 1 fully saturated rings. The number of rotatable bonds is 4. The monoisotopic (exact) mass is 273 g/mol. The van der Waals surface area contributed by atoms with Crippen molar-refractivity contribution in [1.29, 1.82) is 0 Å². The predicted molar refractivity (Wildman–Crippen MR) is 80.5 cm³/mol. The lowest BCUT2D eigenvalue weighted by atomic mass is 9.93. The molecule has 0 aromatic heterocycles. The highest BCUT2D eigenvalue weighted by Crippen LogP contribution is 2.24. The van der Waals surface area contributed by atoms with E-state index >= 15 is 0 Å². The van der Waals surface area contributed by atoms with Crippen molar-refractivity contribution in [2.24, 2.45) is 10.7 Å². The van der Waals surface area contributed by atoms with E-state index in [4.69, 9.17) is 16.2 Å². The molecule has 1 aliphatic rings. The zero-order chi connectivity index (χ0) is 14.5. The minimum absolute atomic E-state index is 0.375. The van der Waals surface area contributed by atoms with Crippen molar-refractivity contribution in [3.8, 4) is 0 Å². The summed E-state index contributed by atoms with van der Waals surface area (Å²) >= 11 is 0. The van der Waals surface area contributed by atoms with Crippen LogP contribution in [0.25, 0.3) is 5.57 Å². The number of esters is 1. The standard InChI is InChI=1S/C15H19N3O2/c1-20-15(19)14-7-11(17)5-6-13(14)10(8-16)9-18-12-3-2-4-12/h5-9,12H,2-4,16-17H2,1H3. The summed E-state index contributed by atoms with van der Waals surface area (Å²) in [6.45, 7) is 0. The lowest BCUT2D eigenvalue weighted by molar-refractivity contribution is 0.0600. The zero-order valence-electron chi connectivity index (χ0n) is 11.5. The van der Waals surface area contributed by atoms with Gasteiger partial charge in [-0.2, -0.15) is 0 Å². The van der Waals surface area contributed by atoms with Gasteiger partial charge in [0.1, 0.15) is 0 Å². The summed E-state index contributed by atoms with van der Waals surface area (Å²) in [5.74, 6) is -0.441. The Balaban J connectivity index is 2.33. The largest absolute Gasteiger partial charge is 0.465 e. The van der Waals surface area contributed by atoms with E-state index in [0.29, 0.717) is 28.4 Å². The van der Waals surface area contributed by atoms with E-state index in [1.807, 2.05) is 0 Å². The third-order valence-electron chi connectivity index (χ3n) is 3.44. The second-order valence-electron chi connectivity index (χ2n) is 4.78. The number of aliphatic imine (C=N–C) groups is 1. The van der Waals surface area contributed by atoms with Gasteiger partial charge >= 0.3 is 5.97 Å². The van der Waals surface area contributed by atoms with Gasteiger partial charge in [-0.15, -0.1) is 0 Å². The first-order valence-electron chi connectivity index (χ1n) is 6.59. The maximum atomic E-state index is 11.8. The Morgan fingerprint density at radius 2 is 2.15 bits per heavy atom. The Kier molecular flexibility index (Phi) is 4.40. The van der Waals surface area contributed by atoms with Crippen LogP contribution in [0.1, 0.15) is 35.2 Å². The second-order valence-corrected chi connectivity index (χ2v) is 4.78. The number of nitrogens with two attached hydrogens (primary N) is 2. The molecule has 1 saturated carbocycles. The van der Waals surface area contributed by atoms with E-state index < -0.39 is 5.97 Å². The van der Waals surface area contributed by atoms with Crippen LogP contribution in [0.4, 0.5) is 5.69 Å². The molecule has 0 amide bonds. The van der Waals surface area contributed by atoms with Crippen LogP contribution in [0.3, 0.4) is 0 Å². The normalized spacial score (nSPS) is 16.1. The van der Waals surface area contributed by atoms with Crippen molar-refractivity contribution in [1.82, 2.24) is 0 Å². The lowest BCUT2D eigenvalue weighted by Gasteiger charge is -2.20. The second kappa shape index (κ2) is 6.23. The van der Waals surface area contributed by atoms with Gasteiger partial charge in [0.05, 0.1) is 12.7 Å².